The van der Waals surface area contributed by atoms with Gasteiger partial charge in [0.25, 0.3) is 0 Å². The molecule has 150 valence electrons. The predicted octanol–water partition coefficient (Wildman–Crippen LogP) is 1.12. The fraction of sp³-hybridized carbons (Fsp3) is 0.381. The summed E-state index contributed by atoms with van der Waals surface area (Å²) in [5, 5.41) is 19.7. The number of aromatic nitrogens is 3. The van der Waals surface area contributed by atoms with Gasteiger partial charge in [0, 0.05) is 31.9 Å². The van der Waals surface area contributed by atoms with E-state index in [0.29, 0.717) is 36.0 Å². The Bertz CT molecular complexity index is 929. The topological polar surface area (TPSA) is 104 Å². The van der Waals surface area contributed by atoms with Crippen molar-refractivity contribution < 1.29 is 9.84 Å². The number of rotatable bonds is 5. The van der Waals surface area contributed by atoms with Crippen molar-refractivity contribution in [3.63, 3.8) is 0 Å². The fourth-order valence-electron chi connectivity index (χ4n) is 2.56. The number of ether oxygens (including phenoxy) is 1. The summed E-state index contributed by atoms with van der Waals surface area (Å²) < 4.78 is 5.73. The molecule has 4 N–H and O–H groups in total. The lowest BCUT2D eigenvalue weighted by molar-refractivity contribution is 0.0372. The normalized spacial score (nSPS) is 16.3. The molecule has 1 aliphatic heterocycles. The molecule has 29 heavy (non-hydrogen) atoms. The Labute approximate surface area is 170 Å². The number of terminal acetylenes is 1. The average molecular weight is 392 g/mol. The summed E-state index contributed by atoms with van der Waals surface area (Å²) in [6.45, 7) is 6.22. The summed E-state index contributed by atoms with van der Waals surface area (Å²) in [7, 11) is 0. The van der Waals surface area contributed by atoms with Gasteiger partial charge < -0.3 is 25.8 Å². The van der Waals surface area contributed by atoms with Crippen LogP contribution in [0.4, 0.5) is 17.3 Å². The minimum Gasteiger partial charge on any atom is -0.381 e. The van der Waals surface area contributed by atoms with E-state index in [0.717, 1.165) is 18.8 Å². The first-order chi connectivity index (χ1) is 13.9. The Hall–Kier alpha value is -3.17. The highest BCUT2D eigenvalue weighted by atomic mass is 16.5. The third-order valence-corrected chi connectivity index (χ3v) is 3.99. The number of hydrogen-bond donors (Lipinski definition) is 4. The van der Waals surface area contributed by atoms with Gasteiger partial charge in [0.15, 0.2) is 0 Å². The number of morpholine rings is 1. The molecule has 1 atom stereocenters. The Kier molecular flexibility index (Phi) is 6.63. The maximum atomic E-state index is 9.91. The van der Waals surface area contributed by atoms with Gasteiger partial charge in [-0.1, -0.05) is 11.8 Å². The van der Waals surface area contributed by atoms with Crippen LogP contribution in [0.1, 0.15) is 25.1 Å². The second kappa shape index (κ2) is 9.35. The van der Waals surface area contributed by atoms with Crippen LogP contribution in [0.5, 0.6) is 0 Å². The van der Waals surface area contributed by atoms with Crippen molar-refractivity contribution in [2.24, 2.45) is 0 Å². The highest BCUT2D eigenvalue weighted by molar-refractivity contribution is 5.65. The van der Waals surface area contributed by atoms with Crippen LogP contribution in [-0.2, 0) is 4.74 Å². The van der Waals surface area contributed by atoms with Crippen LogP contribution in [0.3, 0.4) is 0 Å². The van der Waals surface area contributed by atoms with Crippen LogP contribution in [0.25, 0.3) is 0 Å². The summed E-state index contributed by atoms with van der Waals surface area (Å²) >= 11 is 0. The molecule has 2 aromatic rings. The highest BCUT2D eigenvalue weighted by Gasteiger charge is 2.14. The first kappa shape index (κ1) is 20.6. The van der Waals surface area contributed by atoms with E-state index in [-0.39, 0.29) is 6.10 Å². The second-order valence-corrected chi connectivity index (χ2v) is 7.06. The largest absolute Gasteiger partial charge is 0.381 e. The Morgan fingerprint density at radius 2 is 2.10 bits per heavy atom. The SMILES string of the molecule is C#Cc1cnc(Nc2cc(NC[C@H]3CNCCO3)c(C#CC(C)(C)O)cn2)cn1. The van der Waals surface area contributed by atoms with Crippen LogP contribution >= 0.6 is 0 Å². The molecule has 3 heterocycles. The molecule has 3 rings (SSSR count). The molecular weight excluding hydrogens is 368 g/mol. The number of hydrogen-bond acceptors (Lipinski definition) is 8. The van der Waals surface area contributed by atoms with Crippen LogP contribution < -0.4 is 16.0 Å². The van der Waals surface area contributed by atoms with Crippen LogP contribution in [0.2, 0.25) is 0 Å². The standard InChI is InChI=1S/C21H24N6O2/c1-4-16-11-26-20(14-23-16)27-19-9-18(24-13-17-12-22-7-8-29-17)15(10-25-19)5-6-21(2,3)28/h1,9-11,14,17,22,28H,7-8,12-13H2,2-3H3,(H2,24,25,26,27)/t17-/m1/s1. The zero-order chi connectivity index (χ0) is 20.7. The van der Waals surface area contributed by atoms with E-state index in [1.807, 2.05) is 6.07 Å². The van der Waals surface area contributed by atoms with E-state index < -0.39 is 5.60 Å². The van der Waals surface area contributed by atoms with Gasteiger partial charge in [0.2, 0.25) is 0 Å². The van der Waals surface area contributed by atoms with E-state index in [1.165, 1.54) is 6.20 Å². The molecule has 8 nitrogen and oxygen atoms in total. The summed E-state index contributed by atoms with van der Waals surface area (Å²) in [5.74, 6) is 9.34. The van der Waals surface area contributed by atoms with Gasteiger partial charge in [-0.25, -0.2) is 15.0 Å². The molecule has 0 aromatic carbocycles. The van der Waals surface area contributed by atoms with Gasteiger partial charge >= 0.3 is 0 Å². The lowest BCUT2D eigenvalue weighted by Gasteiger charge is -2.24. The van der Waals surface area contributed by atoms with Crippen LogP contribution in [0.15, 0.2) is 24.7 Å². The molecule has 0 saturated carbocycles. The van der Waals surface area contributed by atoms with E-state index in [9.17, 15) is 5.11 Å². The first-order valence-corrected chi connectivity index (χ1v) is 9.30. The summed E-state index contributed by atoms with van der Waals surface area (Å²) in [6.07, 6.45) is 10.1. The summed E-state index contributed by atoms with van der Waals surface area (Å²) in [6, 6.07) is 1.83. The van der Waals surface area contributed by atoms with E-state index in [2.05, 4.69) is 48.7 Å². The smallest absolute Gasteiger partial charge is 0.150 e. The zero-order valence-electron chi connectivity index (χ0n) is 16.5. The predicted molar refractivity (Wildman–Crippen MR) is 112 cm³/mol. The molecule has 8 heteroatoms. The lowest BCUT2D eigenvalue weighted by Crippen LogP contribution is -2.42. The Morgan fingerprint density at radius 1 is 1.28 bits per heavy atom. The molecule has 0 amide bonds. The van der Waals surface area contributed by atoms with E-state index in [4.69, 9.17) is 11.2 Å². The maximum Gasteiger partial charge on any atom is 0.150 e. The third-order valence-electron chi connectivity index (χ3n) is 3.99. The Balaban J connectivity index is 1.80. The highest BCUT2D eigenvalue weighted by Crippen LogP contribution is 2.21. The van der Waals surface area contributed by atoms with Gasteiger partial charge in [-0.15, -0.1) is 6.42 Å². The molecule has 2 aromatic heterocycles. The van der Waals surface area contributed by atoms with Gasteiger partial charge in [0.05, 0.1) is 36.4 Å². The lowest BCUT2D eigenvalue weighted by atomic mass is 10.1. The van der Waals surface area contributed by atoms with E-state index in [1.54, 1.807) is 26.2 Å². The van der Waals surface area contributed by atoms with Crippen molar-refractivity contribution in [3.8, 4) is 24.2 Å². The van der Waals surface area contributed by atoms with Crippen LogP contribution in [0, 0.1) is 24.2 Å². The van der Waals surface area contributed by atoms with Gasteiger partial charge in [-0.2, -0.15) is 0 Å². The molecule has 0 radical (unpaired) electrons. The van der Waals surface area contributed by atoms with Gasteiger partial charge in [0.1, 0.15) is 22.9 Å². The maximum absolute atomic E-state index is 9.91. The quantitative estimate of drug-likeness (QED) is 0.561. The van der Waals surface area contributed by atoms with Crippen molar-refractivity contribution in [1.82, 2.24) is 20.3 Å². The van der Waals surface area contributed by atoms with Crippen LogP contribution in [-0.4, -0.2) is 58.0 Å². The van der Waals surface area contributed by atoms with Gasteiger partial charge in [-0.05, 0) is 19.8 Å². The molecule has 1 aliphatic rings. The minimum atomic E-state index is -1.10. The number of anilines is 3. The van der Waals surface area contributed by atoms with Crippen molar-refractivity contribution >= 4 is 17.3 Å². The molecule has 0 bridgehead atoms. The number of pyridine rings is 1. The molecule has 0 aliphatic carbocycles. The number of aliphatic hydroxyl groups is 1. The van der Waals surface area contributed by atoms with Crippen molar-refractivity contribution in [3.05, 3.63) is 35.9 Å². The number of nitrogens with one attached hydrogen (secondary N) is 3. The number of nitrogens with zero attached hydrogens (tertiary/aromatic N) is 3. The Morgan fingerprint density at radius 3 is 2.76 bits per heavy atom. The van der Waals surface area contributed by atoms with E-state index >= 15 is 0 Å². The second-order valence-electron chi connectivity index (χ2n) is 7.06. The fourth-order valence-corrected chi connectivity index (χ4v) is 2.56. The molecule has 0 spiro atoms. The molecule has 0 unspecified atom stereocenters. The third kappa shape index (κ3) is 6.44. The zero-order valence-corrected chi connectivity index (χ0v) is 16.5. The average Bonchev–Trinajstić information content (AvgIpc) is 2.72. The van der Waals surface area contributed by atoms with Gasteiger partial charge in [-0.3, -0.25) is 0 Å². The monoisotopic (exact) mass is 392 g/mol. The summed E-state index contributed by atoms with van der Waals surface area (Å²) in [4.78, 5) is 12.7. The molecule has 1 saturated heterocycles. The molecule has 1 fully saturated rings. The summed E-state index contributed by atoms with van der Waals surface area (Å²) in [5.41, 5.74) is 0.819. The van der Waals surface area contributed by atoms with Crippen molar-refractivity contribution in [1.29, 1.82) is 0 Å². The first-order valence-electron chi connectivity index (χ1n) is 9.30. The minimum absolute atomic E-state index is 0.0607. The van der Waals surface area contributed by atoms with Crippen molar-refractivity contribution in [2.75, 3.05) is 36.9 Å². The molecular formula is C21H24N6O2. The van der Waals surface area contributed by atoms with Crippen molar-refractivity contribution in [2.45, 2.75) is 25.6 Å².